The second-order valence-electron chi connectivity index (χ2n) is 6.22. The molecule has 0 aliphatic heterocycles. The standard InChI is InChI=1S/C22H20ClFN2OS/c1-15(18-6-2-3-7-19(18)24)25-14-22(27)26-20-8-4-5-9-21(20)28-17-12-10-16(23)11-13-17/h2-13,15,25H,14H2,1H3,(H,26,27). The third-order valence-electron chi connectivity index (χ3n) is 4.14. The highest BCUT2D eigenvalue weighted by molar-refractivity contribution is 7.99. The van der Waals surface area contributed by atoms with Gasteiger partial charge in [-0.05, 0) is 49.4 Å². The van der Waals surface area contributed by atoms with E-state index in [4.69, 9.17) is 11.6 Å². The summed E-state index contributed by atoms with van der Waals surface area (Å²) in [5.74, 6) is -0.472. The minimum atomic E-state index is -0.285. The van der Waals surface area contributed by atoms with Gasteiger partial charge in [-0.1, -0.05) is 53.7 Å². The molecular formula is C22H20ClFN2OS. The summed E-state index contributed by atoms with van der Waals surface area (Å²) in [7, 11) is 0. The summed E-state index contributed by atoms with van der Waals surface area (Å²) in [6, 6.07) is 21.4. The average molecular weight is 415 g/mol. The van der Waals surface area contributed by atoms with Gasteiger partial charge < -0.3 is 10.6 Å². The maximum Gasteiger partial charge on any atom is 0.238 e. The van der Waals surface area contributed by atoms with Crippen molar-refractivity contribution in [3.8, 4) is 0 Å². The Morgan fingerprint density at radius 2 is 1.71 bits per heavy atom. The van der Waals surface area contributed by atoms with E-state index in [1.807, 2.05) is 55.5 Å². The topological polar surface area (TPSA) is 41.1 Å². The fourth-order valence-electron chi connectivity index (χ4n) is 2.66. The Kier molecular flexibility index (Phi) is 7.09. The van der Waals surface area contributed by atoms with Crippen LogP contribution >= 0.6 is 23.4 Å². The number of rotatable bonds is 7. The molecule has 0 aliphatic carbocycles. The second-order valence-corrected chi connectivity index (χ2v) is 7.78. The number of carbonyl (C=O) groups excluding carboxylic acids is 1. The highest BCUT2D eigenvalue weighted by Crippen LogP contribution is 2.33. The molecule has 3 rings (SSSR count). The zero-order valence-electron chi connectivity index (χ0n) is 15.3. The third-order valence-corrected chi connectivity index (χ3v) is 5.48. The Morgan fingerprint density at radius 1 is 1.04 bits per heavy atom. The molecule has 0 saturated carbocycles. The van der Waals surface area contributed by atoms with Gasteiger partial charge in [0.1, 0.15) is 5.82 Å². The lowest BCUT2D eigenvalue weighted by molar-refractivity contribution is -0.115. The molecule has 0 fully saturated rings. The zero-order valence-corrected chi connectivity index (χ0v) is 16.9. The zero-order chi connectivity index (χ0) is 19.9. The lowest BCUT2D eigenvalue weighted by atomic mass is 10.1. The number of anilines is 1. The summed E-state index contributed by atoms with van der Waals surface area (Å²) in [4.78, 5) is 14.3. The SMILES string of the molecule is CC(NCC(=O)Nc1ccccc1Sc1ccc(Cl)cc1)c1ccccc1F. The van der Waals surface area contributed by atoms with E-state index in [2.05, 4.69) is 10.6 Å². The van der Waals surface area contributed by atoms with Gasteiger partial charge in [-0.15, -0.1) is 0 Å². The Labute approximate surface area is 173 Å². The van der Waals surface area contributed by atoms with E-state index in [1.54, 1.807) is 30.0 Å². The molecule has 144 valence electrons. The van der Waals surface area contributed by atoms with E-state index in [0.29, 0.717) is 10.6 Å². The van der Waals surface area contributed by atoms with Crippen molar-refractivity contribution in [1.82, 2.24) is 5.32 Å². The molecule has 0 radical (unpaired) electrons. The van der Waals surface area contributed by atoms with Gasteiger partial charge in [0.2, 0.25) is 5.91 Å². The van der Waals surface area contributed by atoms with Gasteiger partial charge in [0.05, 0.1) is 12.2 Å². The van der Waals surface area contributed by atoms with Crippen molar-refractivity contribution in [2.24, 2.45) is 0 Å². The molecule has 0 aliphatic rings. The minimum absolute atomic E-state index is 0.0788. The molecule has 0 spiro atoms. The Hall–Kier alpha value is -2.34. The molecule has 28 heavy (non-hydrogen) atoms. The normalized spacial score (nSPS) is 11.8. The molecule has 0 aromatic heterocycles. The number of amides is 1. The van der Waals surface area contributed by atoms with Crippen LogP contribution in [-0.4, -0.2) is 12.5 Å². The van der Waals surface area contributed by atoms with Gasteiger partial charge >= 0.3 is 0 Å². The van der Waals surface area contributed by atoms with Gasteiger partial charge in [0, 0.05) is 26.4 Å². The largest absolute Gasteiger partial charge is 0.324 e. The first-order chi connectivity index (χ1) is 13.5. The summed E-state index contributed by atoms with van der Waals surface area (Å²) >= 11 is 7.48. The van der Waals surface area contributed by atoms with Crippen molar-refractivity contribution >= 4 is 35.0 Å². The third kappa shape index (κ3) is 5.58. The molecular weight excluding hydrogens is 395 g/mol. The first kappa shape index (κ1) is 20.4. The predicted octanol–water partition coefficient (Wildman–Crippen LogP) is 5.92. The molecule has 1 atom stereocenters. The molecule has 1 amide bonds. The van der Waals surface area contributed by atoms with E-state index in [0.717, 1.165) is 15.5 Å². The summed E-state index contributed by atoms with van der Waals surface area (Å²) in [6.45, 7) is 1.91. The van der Waals surface area contributed by atoms with Gasteiger partial charge in [0.15, 0.2) is 0 Å². The van der Waals surface area contributed by atoms with Gasteiger partial charge in [-0.3, -0.25) is 4.79 Å². The fourth-order valence-corrected chi connectivity index (χ4v) is 3.69. The smallest absolute Gasteiger partial charge is 0.238 e. The summed E-state index contributed by atoms with van der Waals surface area (Å²) in [6.07, 6.45) is 0. The molecule has 3 aromatic carbocycles. The van der Waals surface area contributed by atoms with Crippen molar-refractivity contribution in [2.45, 2.75) is 22.8 Å². The number of para-hydroxylation sites is 1. The van der Waals surface area contributed by atoms with Crippen molar-refractivity contribution < 1.29 is 9.18 Å². The molecule has 0 bridgehead atoms. The van der Waals surface area contributed by atoms with Crippen LogP contribution in [0, 0.1) is 5.82 Å². The van der Waals surface area contributed by atoms with E-state index in [9.17, 15) is 9.18 Å². The highest BCUT2D eigenvalue weighted by Gasteiger charge is 2.13. The van der Waals surface area contributed by atoms with E-state index < -0.39 is 0 Å². The predicted molar refractivity (Wildman–Crippen MR) is 113 cm³/mol. The Balaban J connectivity index is 1.61. The van der Waals surface area contributed by atoms with Crippen LogP contribution in [0.5, 0.6) is 0 Å². The van der Waals surface area contributed by atoms with Crippen LogP contribution in [0.1, 0.15) is 18.5 Å². The van der Waals surface area contributed by atoms with Crippen LogP contribution < -0.4 is 10.6 Å². The van der Waals surface area contributed by atoms with E-state index >= 15 is 0 Å². The van der Waals surface area contributed by atoms with Crippen LogP contribution in [-0.2, 0) is 4.79 Å². The van der Waals surface area contributed by atoms with Crippen LogP contribution in [0.2, 0.25) is 5.02 Å². The van der Waals surface area contributed by atoms with Crippen LogP contribution in [0.3, 0.4) is 0 Å². The summed E-state index contributed by atoms with van der Waals surface area (Å²) in [5, 5.41) is 6.66. The van der Waals surface area contributed by atoms with Crippen molar-refractivity contribution in [3.05, 3.63) is 89.2 Å². The van der Waals surface area contributed by atoms with E-state index in [1.165, 1.54) is 6.07 Å². The number of benzene rings is 3. The molecule has 3 aromatic rings. The molecule has 6 heteroatoms. The molecule has 3 nitrogen and oxygen atoms in total. The van der Waals surface area contributed by atoms with Crippen LogP contribution in [0.25, 0.3) is 0 Å². The lowest BCUT2D eigenvalue weighted by Gasteiger charge is -2.16. The first-order valence-corrected chi connectivity index (χ1v) is 10.0. The number of hydrogen-bond donors (Lipinski definition) is 2. The number of halogens is 2. The number of carbonyl (C=O) groups is 1. The Morgan fingerprint density at radius 3 is 2.46 bits per heavy atom. The summed E-state index contributed by atoms with van der Waals surface area (Å²) in [5.41, 5.74) is 1.27. The van der Waals surface area contributed by atoms with E-state index in [-0.39, 0.29) is 24.3 Å². The molecule has 2 N–H and O–H groups in total. The van der Waals surface area contributed by atoms with Crippen LogP contribution in [0.15, 0.2) is 82.6 Å². The molecule has 1 unspecified atom stereocenters. The number of nitrogens with one attached hydrogen (secondary N) is 2. The molecule has 0 heterocycles. The fraction of sp³-hybridized carbons (Fsp3) is 0.136. The summed E-state index contributed by atoms with van der Waals surface area (Å²) < 4.78 is 13.8. The highest BCUT2D eigenvalue weighted by atomic mass is 35.5. The number of hydrogen-bond acceptors (Lipinski definition) is 3. The average Bonchev–Trinajstić information content (AvgIpc) is 2.70. The Bertz CT molecular complexity index is 949. The monoisotopic (exact) mass is 414 g/mol. The van der Waals surface area contributed by atoms with Gasteiger partial charge in [-0.25, -0.2) is 4.39 Å². The van der Waals surface area contributed by atoms with Gasteiger partial charge in [0.25, 0.3) is 0 Å². The maximum atomic E-state index is 13.8. The van der Waals surface area contributed by atoms with Crippen molar-refractivity contribution in [1.29, 1.82) is 0 Å². The quantitative estimate of drug-likeness (QED) is 0.504. The maximum absolute atomic E-state index is 13.8. The second kappa shape index (κ2) is 9.73. The van der Waals surface area contributed by atoms with Crippen molar-refractivity contribution in [3.63, 3.8) is 0 Å². The van der Waals surface area contributed by atoms with Gasteiger partial charge in [-0.2, -0.15) is 0 Å². The van der Waals surface area contributed by atoms with Crippen LogP contribution in [0.4, 0.5) is 10.1 Å². The molecule has 0 saturated heterocycles. The van der Waals surface area contributed by atoms with Crippen molar-refractivity contribution in [2.75, 3.05) is 11.9 Å². The lowest BCUT2D eigenvalue weighted by Crippen LogP contribution is -2.30. The first-order valence-electron chi connectivity index (χ1n) is 8.83. The minimum Gasteiger partial charge on any atom is -0.324 e.